The number of rotatable bonds is 28. The van der Waals surface area contributed by atoms with Crippen LogP contribution in [0.15, 0.2) is 36.4 Å². The summed E-state index contributed by atoms with van der Waals surface area (Å²) in [6.07, 6.45) is 22.3. The van der Waals surface area contributed by atoms with Crippen LogP contribution in [-0.2, 0) is 54.3 Å². The highest BCUT2D eigenvalue weighted by atomic mass is 16.6. The number of carbonyl (C=O) groups excluding carboxylic acids is 6. The quantitative estimate of drug-likeness (QED) is 0.0256. The van der Waals surface area contributed by atoms with Crippen molar-refractivity contribution in [3.63, 3.8) is 0 Å². The number of Topliss-reactive ketones (excluding diaryl/α,β-unsaturated/α-hetero) is 1. The Morgan fingerprint density at radius 1 is 0.667 bits per heavy atom. The normalized spacial score (nSPS) is 26.5. The molecule has 10 atom stereocenters. The summed E-state index contributed by atoms with van der Waals surface area (Å²) in [5.41, 5.74) is 1.12. The van der Waals surface area contributed by atoms with Gasteiger partial charge in [0.25, 0.3) is 0 Å². The predicted molar refractivity (Wildman–Crippen MR) is 275 cm³/mol. The molecule has 0 N–H and O–H groups in total. The Morgan fingerprint density at radius 3 is 1.81 bits per heavy atom. The summed E-state index contributed by atoms with van der Waals surface area (Å²) in [6, 6.07) is 3.43. The molecule has 72 heavy (non-hydrogen) atoms. The molecule has 4 aliphatic carbocycles. The van der Waals surface area contributed by atoms with Crippen molar-refractivity contribution in [3.05, 3.63) is 42.0 Å². The van der Waals surface area contributed by atoms with Crippen LogP contribution in [0.3, 0.4) is 0 Å². The van der Waals surface area contributed by atoms with E-state index in [1.54, 1.807) is 31.2 Å². The number of benzene rings is 1. The third-order valence-corrected chi connectivity index (χ3v) is 17.1. The van der Waals surface area contributed by atoms with E-state index in [1.165, 1.54) is 39.9 Å². The van der Waals surface area contributed by atoms with Gasteiger partial charge in [0.05, 0.1) is 27.1 Å². The lowest BCUT2D eigenvalue weighted by Gasteiger charge is -2.61. The van der Waals surface area contributed by atoms with E-state index >= 15 is 0 Å². The molecule has 0 saturated heterocycles. The zero-order valence-corrected chi connectivity index (χ0v) is 45.2. The Labute approximate surface area is 430 Å². The van der Waals surface area contributed by atoms with Gasteiger partial charge in [0.2, 0.25) is 5.75 Å². The van der Waals surface area contributed by atoms with Crippen LogP contribution < -0.4 is 14.2 Å². The molecule has 2 unspecified atom stereocenters. The van der Waals surface area contributed by atoms with Crippen molar-refractivity contribution in [3.8, 4) is 17.2 Å². The van der Waals surface area contributed by atoms with Gasteiger partial charge < -0.3 is 33.2 Å². The summed E-state index contributed by atoms with van der Waals surface area (Å²) in [5.74, 6) is 2.41. The molecule has 0 amide bonds. The van der Waals surface area contributed by atoms with Crippen molar-refractivity contribution in [1.29, 1.82) is 0 Å². The lowest BCUT2D eigenvalue weighted by Crippen LogP contribution is -2.53. The second-order valence-electron chi connectivity index (χ2n) is 22.3. The van der Waals surface area contributed by atoms with Crippen molar-refractivity contribution in [2.45, 2.75) is 190 Å². The largest absolute Gasteiger partial charge is 0.493 e. The molecule has 4 saturated carbocycles. The Morgan fingerprint density at radius 2 is 1.24 bits per heavy atom. The molecule has 402 valence electrons. The molecule has 0 spiro atoms. The number of ether oxygens (including phenoxy) is 7. The molecule has 4 fully saturated rings. The molecule has 13 heteroatoms. The first-order valence-corrected chi connectivity index (χ1v) is 27.4. The highest BCUT2D eigenvalue weighted by Gasteiger charge is 2.60. The van der Waals surface area contributed by atoms with Crippen LogP contribution in [0.4, 0.5) is 0 Å². The first-order valence-electron chi connectivity index (χ1n) is 27.4. The molecule has 1 aromatic rings. The summed E-state index contributed by atoms with van der Waals surface area (Å²) in [6.45, 7) is 14.3. The second-order valence-corrected chi connectivity index (χ2v) is 22.3. The fourth-order valence-corrected chi connectivity index (χ4v) is 13.2. The first-order chi connectivity index (χ1) is 34.4. The topological polar surface area (TPSA) is 167 Å². The zero-order chi connectivity index (χ0) is 52.4. The summed E-state index contributed by atoms with van der Waals surface area (Å²) in [5, 5.41) is 0. The summed E-state index contributed by atoms with van der Waals surface area (Å²) >= 11 is 0. The highest BCUT2D eigenvalue weighted by Crippen LogP contribution is 2.68. The smallest absolute Gasteiger partial charge is 0.311 e. The van der Waals surface area contributed by atoms with Crippen LogP contribution in [0.2, 0.25) is 0 Å². The average Bonchev–Trinajstić information content (AvgIpc) is 3.71. The van der Waals surface area contributed by atoms with E-state index < -0.39 is 30.0 Å². The zero-order valence-electron chi connectivity index (χ0n) is 45.2. The molecular formula is C59H88O13. The van der Waals surface area contributed by atoms with Crippen LogP contribution >= 0.6 is 0 Å². The molecule has 0 radical (unpaired) electrons. The Bertz CT molecular complexity index is 1980. The second kappa shape index (κ2) is 28.1. The van der Waals surface area contributed by atoms with Crippen molar-refractivity contribution in [1.82, 2.24) is 0 Å². The molecule has 1 aromatic carbocycles. The summed E-state index contributed by atoms with van der Waals surface area (Å²) < 4.78 is 39.2. The molecule has 0 aromatic heterocycles. The van der Waals surface area contributed by atoms with Crippen molar-refractivity contribution in [2.75, 3.05) is 27.4 Å². The third kappa shape index (κ3) is 16.2. The fourth-order valence-electron chi connectivity index (χ4n) is 13.2. The van der Waals surface area contributed by atoms with Gasteiger partial charge in [-0.3, -0.25) is 28.8 Å². The predicted octanol–water partition coefficient (Wildman–Crippen LogP) is 12.2. The van der Waals surface area contributed by atoms with Crippen LogP contribution in [0.25, 0.3) is 0 Å². The van der Waals surface area contributed by atoms with E-state index in [1.807, 2.05) is 39.8 Å². The number of allylic oxidation sites excluding steroid dienone is 2. The number of hydrogen-bond donors (Lipinski definition) is 0. The highest BCUT2D eigenvalue weighted by molar-refractivity contribution is 5.79. The number of unbranched alkanes of at least 4 members (excludes halogenated alkanes) is 1. The number of hydrogen-bond acceptors (Lipinski definition) is 13. The van der Waals surface area contributed by atoms with E-state index in [0.717, 1.165) is 70.6 Å². The van der Waals surface area contributed by atoms with Gasteiger partial charge in [0, 0.05) is 25.2 Å². The van der Waals surface area contributed by atoms with Crippen molar-refractivity contribution in [2.24, 2.45) is 58.2 Å². The van der Waals surface area contributed by atoms with Gasteiger partial charge in [-0.25, -0.2) is 0 Å². The van der Waals surface area contributed by atoms with Gasteiger partial charge in [-0.05, 0) is 148 Å². The van der Waals surface area contributed by atoms with Crippen LogP contribution in [0.5, 0.6) is 17.2 Å². The maximum absolute atomic E-state index is 13.3. The van der Waals surface area contributed by atoms with Crippen molar-refractivity contribution >= 4 is 35.6 Å². The van der Waals surface area contributed by atoms with E-state index in [4.69, 9.17) is 33.2 Å². The molecule has 5 rings (SSSR count). The first kappa shape index (κ1) is 58.2. The minimum absolute atomic E-state index is 0.0117. The standard InChI is InChI=1S/C59H88O13/c1-10-12-14-20-52(61)69-37-45(38-70-53(62)21-15-13-11-2)71-55(64)30-39(3)18-16-17-19-40(4)31-56(65)72-57-50(66-8)33-43(34-51(57)67-9)36-68-54(63)35-42-26-28-58(6)44(32-42)22-23-46-48-25-24-47(41(5)60)59(48,7)29-27-49(46)58/h12-15,33-34,39-40,42,44-49H,10-11,16-32,35-38H2,1-9H3/b14-12-,15-13-/t39?,40?,42-,44+,46+,47-,48+,49+,58+,59-/m1/s1. The van der Waals surface area contributed by atoms with E-state index in [9.17, 15) is 28.8 Å². The third-order valence-electron chi connectivity index (χ3n) is 17.1. The maximum Gasteiger partial charge on any atom is 0.311 e. The number of esters is 5. The van der Waals surface area contributed by atoms with Gasteiger partial charge in [-0.1, -0.05) is 91.5 Å². The van der Waals surface area contributed by atoms with Crippen LogP contribution in [0, 0.1) is 58.2 Å². The van der Waals surface area contributed by atoms with Crippen LogP contribution in [-0.4, -0.2) is 69.2 Å². The molecule has 13 nitrogen and oxygen atoms in total. The lowest BCUT2D eigenvalue weighted by molar-refractivity contribution is -0.166. The van der Waals surface area contributed by atoms with Gasteiger partial charge >= 0.3 is 29.8 Å². The SMILES string of the molecule is CC/C=C\CC(=O)OCC(COC(=O)C/C=C\CC)OC(=O)CC(C)CCCCC(C)CC(=O)Oc1c(OC)cc(COC(=O)C[C@@H]2CC[C@@]3(C)[C@@H](CC[C@@H]4[C@@H]3CC[C@]3(C)[C@@H](C(C)=O)CC[C@@H]43)C2)cc1OC. The molecular weight excluding hydrogens is 917 g/mol. The number of fused-ring (bicyclic) bond motifs is 5. The minimum atomic E-state index is -0.919. The van der Waals surface area contributed by atoms with Gasteiger partial charge in [0.15, 0.2) is 17.6 Å². The van der Waals surface area contributed by atoms with E-state index in [-0.39, 0.29) is 80.4 Å². The minimum Gasteiger partial charge on any atom is -0.493 e. The molecule has 0 bridgehead atoms. The van der Waals surface area contributed by atoms with E-state index in [0.29, 0.717) is 64.3 Å². The van der Waals surface area contributed by atoms with E-state index in [2.05, 4.69) is 13.8 Å². The number of methoxy groups -OCH3 is 2. The Balaban J connectivity index is 1.01. The van der Waals surface area contributed by atoms with Gasteiger partial charge in [0.1, 0.15) is 25.6 Å². The molecule has 4 aliphatic rings. The number of carbonyl (C=O) groups is 6. The fraction of sp³-hybridized carbons (Fsp3) is 0.729. The summed E-state index contributed by atoms with van der Waals surface area (Å²) in [4.78, 5) is 76.4. The van der Waals surface area contributed by atoms with Crippen LogP contribution in [0.1, 0.15) is 182 Å². The number of ketones is 1. The van der Waals surface area contributed by atoms with Crippen molar-refractivity contribution < 1.29 is 61.9 Å². The van der Waals surface area contributed by atoms with Gasteiger partial charge in [-0.2, -0.15) is 0 Å². The molecule has 0 heterocycles. The maximum atomic E-state index is 13.3. The average molecular weight is 1010 g/mol. The monoisotopic (exact) mass is 1000 g/mol. The molecule has 0 aliphatic heterocycles. The summed E-state index contributed by atoms with van der Waals surface area (Å²) in [7, 11) is 2.99. The Hall–Kier alpha value is -4.68. The Kier molecular flexibility index (Phi) is 22.7. The van der Waals surface area contributed by atoms with Gasteiger partial charge in [-0.15, -0.1) is 0 Å². The lowest BCUT2D eigenvalue weighted by atomic mass is 9.44.